The number of aliphatic hydroxyl groups is 1. The van der Waals surface area contributed by atoms with Crippen molar-refractivity contribution in [2.45, 2.75) is 56.7 Å². The molecule has 2 aliphatic heterocycles. The van der Waals surface area contributed by atoms with E-state index in [0.717, 1.165) is 64.6 Å². The molecule has 1 aromatic carbocycles. The third-order valence-corrected chi connectivity index (χ3v) is 6.93. The predicted octanol–water partition coefficient (Wildman–Crippen LogP) is 3.11. The van der Waals surface area contributed by atoms with Crippen LogP contribution in [0.25, 0.3) is 10.9 Å². The monoisotopic (exact) mass is 368 g/mol. The fourth-order valence-electron chi connectivity index (χ4n) is 5.33. The number of rotatable bonds is 1. The lowest BCUT2D eigenvalue weighted by atomic mass is 9.82. The second-order valence-corrected chi connectivity index (χ2v) is 8.45. The summed E-state index contributed by atoms with van der Waals surface area (Å²) in [4.78, 5) is 18.6. The maximum Gasteiger partial charge on any atom is 0.225 e. The van der Waals surface area contributed by atoms with Crippen LogP contribution in [0.2, 0.25) is 0 Å². The van der Waals surface area contributed by atoms with E-state index in [1.54, 1.807) is 0 Å². The number of nitrogens with one attached hydrogen (secondary N) is 1. The minimum atomic E-state index is -0.272. The SMILES string of the molecule is O=C(C1CCC(O)CC1)N1CCC2(CC1)OCCc1c2[nH]c2ccccc12. The number of benzene rings is 1. The highest BCUT2D eigenvalue weighted by Crippen LogP contribution is 2.43. The van der Waals surface area contributed by atoms with E-state index in [4.69, 9.17) is 4.74 Å². The number of aromatic nitrogens is 1. The molecule has 0 bridgehead atoms. The molecule has 0 atom stereocenters. The van der Waals surface area contributed by atoms with Gasteiger partial charge in [0.15, 0.2) is 0 Å². The normalized spacial score (nSPS) is 27.7. The molecular weight excluding hydrogens is 340 g/mol. The van der Waals surface area contributed by atoms with Gasteiger partial charge < -0.3 is 19.7 Å². The molecule has 2 N–H and O–H groups in total. The highest BCUT2D eigenvalue weighted by atomic mass is 16.5. The van der Waals surface area contributed by atoms with Crippen molar-refractivity contribution in [1.29, 1.82) is 0 Å². The minimum absolute atomic E-state index is 0.0957. The van der Waals surface area contributed by atoms with Gasteiger partial charge in [0, 0.05) is 29.9 Å². The summed E-state index contributed by atoms with van der Waals surface area (Å²) >= 11 is 0. The molecule has 0 unspecified atom stereocenters. The molecule has 1 spiro atoms. The third-order valence-electron chi connectivity index (χ3n) is 6.93. The topological polar surface area (TPSA) is 65.6 Å². The van der Waals surface area contributed by atoms with Gasteiger partial charge in [-0.1, -0.05) is 18.2 Å². The highest BCUT2D eigenvalue weighted by molar-refractivity contribution is 5.85. The standard InChI is InChI=1S/C22H28N2O3/c25-16-7-5-15(6-8-16)21(26)24-12-10-22(11-13-24)20-18(9-14-27-22)17-3-1-2-4-19(17)23-20/h1-4,15-16,23,25H,5-14H2. The number of aliphatic hydroxyl groups excluding tert-OH is 1. The van der Waals surface area contributed by atoms with E-state index in [1.807, 2.05) is 4.90 Å². The van der Waals surface area contributed by atoms with Crippen molar-refractivity contribution in [1.82, 2.24) is 9.88 Å². The van der Waals surface area contributed by atoms with Gasteiger partial charge in [-0.05, 0) is 56.6 Å². The molecule has 1 saturated heterocycles. The number of H-pyrrole nitrogens is 1. The van der Waals surface area contributed by atoms with E-state index in [2.05, 4.69) is 29.2 Å². The first-order valence-electron chi connectivity index (χ1n) is 10.4. The van der Waals surface area contributed by atoms with Crippen LogP contribution in [-0.2, 0) is 21.6 Å². The zero-order chi connectivity index (χ0) is 18.4. The summed E-state index contributed by atoms with van der Waals surface area (Å²) in [5.41, 5.74) is 3.55. The Labute approximate surface area is 159 Å². The molecule has 1 amide bonds. The van der Waals surface area contributed by atoms with Gasteiger partial charge in [-0.2, -0.15) is 0 Å². The number of nitrogens with zero attached hydrogens (tertiary/aromatic N) is 1. The molecule has 0 radical (unpaired) electrons. The number of hydrogen-bond donors (Lipinski definition) is 2. The molecule has 3 aliphatic rings. The number of piperidine rings is 1. The zero-order valence-corrected chi connectivity index (χ0v) is 15.7. The van der Waals surface area contributed by atoms with Crippen molar-refractivity contribution in [2.24, 2.45) is 5.92 Å². The van der Waals surface area contributed by atoms with Crippen LogP contribution >= 0.6 is 0 Å². The first-order valence-corrected chi connectivity index (χ1v) is 10.4. The number of carbonyl (C=O) groups is 1. The highest BCUT2D eigenvalue weighted by Gasteiger charge is 2.44. The molecule has 5 heteroatoms. The van der Waals surface area contributed by atoms with Gasteiger partial charge in [0.2, 0.25) is 5.91 Å². The molecule has 1 saturated carbocycles. The van der Waals surface area contributed by atoms with Crippen LogP contribution in [0.3, 0.4) is 0 Å². The van der Waals surface area contributed by atoms with E-state index in [-0.39, 0.29) is 23.5 Å². The molecule has 144 valence electrons. The Balaban J connectivity index is 1.34. The Morgan fingerprint density at radius 1 is 1.15 bits per heavy atom. The summed E-state index contributed by atoms with van der Waals surface area (Å²) in [6.45, 7) is 2.27. The number of aromatic amines is 1. The molecule has 1 aliphatic carbocycles. The van der Waals surface area contributed by atoms with Crippen molar-refractivity contribution in [2.75, 3.05) is 19.7 Å². The quantitative estimate of drug-likeness (QED) is 0.813. The lowest BCUT2D eigenvalue weighted by molar-refractivity contribution is -0.146. The summed E-state index contributed by atoms with van der Waals surface area (Å²) in [6.07, 6.45) is 5.62. The van der Waals surface area contributed by atoms with Gasteiger partial charge in [0.1, 0.15) is 5.60 Å². The van der Waals surface area contributed by atoms with E-state index < -0.39 is 0 Å². The van der Waals surface area contributed by atoms with Crippen molar-refractivity contribution < 1.29 is 14.6 Å². The number of amides is 1. The predicted molar refractivity (Wildman–Crippen MR) is 103 cm³/mol. The lowest BCUT2D eigenvalue weighted by Crippen LogP contribution is -2.50. The number of hydrogen-bond acceptors (Lipinski definition) is 3. The maximum absolute atomic E-state index is 12.9. The Morgan fingerprint density at radius 3 is 2.67 bits per heavy atom. The minimum Gasteiger partial charge on any atom is -0.393 e. The molecular formula is C22H28N2O3. The summed E-state index contributed by atoms with van der Waals surface area (Å²) in [6, 6.07) is 8.50. The molecule has 5 rings (SSSR count). The van der Waals surface area contributed by atoms with Crippen LogP contribution in [-0.4, -0.2) is 46.7 Å². The Hall–Kier alpha value is -1.85. The van der Waals surface area contributed by atoms with Crippen LogP contribution in [0.5, 0.6) is 0 Å². The summed E-state index contributed by atoms with van der Waals surface area (Å²) in [7, 11) is 0. The van der Waals surface area contributed by atoms with E-state index in [9.17, 15) is 9.90 Å². The molecule has 2 fully saturated rings. The van der Waals surface area contributed by atoms with Crippen LogP contribution in [0.15, 0.2) is 24.3 Å². The smallest absolute Gasteiger partial charge is 0.225 e. The second-order valence-electron chi connectivity index (χ2n) is 8.45. The Bertz CT molecular complexity index is 842. The zero-order valence-electron chi connectivity index (χ0n) is 15.7. The number of carbonyl (C=O) groups excluding carboxylic acids is 1. The van der Waals surface area contributed by atoms with Crippen molar-refractivity contribution in [3.63, 3.8) is 0 Å². The molecule has 3 heterocycles. The van der Waals surface area contributed by atoms with Gasteiger partial charge in [-0.25, -0.2) is 0 Å². The van der Waals surface area contributed by atoms with E-state index in [1.165, 1.54) is 22.2 Å². The molecule has 5 nitrogen and oxygen atoms in total. The second kappa shape index (κ2) is 6.64. The van der Waals surface area contributed by atoms with Crippen LogP contribution < -0.4 is 0 Å². The van der Waals surface area contributed by atoms with Gasteiger partial charge in [-0.3, -0.25) is 4.79 Å². The Kier molecular flexibility index (Phi) is 4.25. The summed E-state index contributed by atoms with van der Waals surface area (Å²) in [5, 5.41) is 11.0. The number of fused-ring (bicyclic) bond motifs is 4. The fraction of sp³-hybridized carbons (Fsp3) is 0.591. The molecule has 2 aromatic rings. The number of para-hydroxylation sites is 1. The molecule has 1 aromatic heterocycles. The van der Waals surface area contributed by atoms with Crippen molar-refractivity contribution >= 4 is 16.8 Å². The first-order chi connectivity index (χ1) is 13.2. The summed E-state index contributed by atoms with van der Waals surface area (Å²) < 4.78 is 6.35. The average molecular weight is 368 g/mol. The Morgan fingerprint density at radius 2 is 1.89 bits per heavy atom. The van der Waals surface area contributed by atoms with E-state index in [0.29, 0.717) is 0 Å². The third kappa shape index (κ3) is 2.88. The van der Waals surface area contributed by atoms with Crippen molar-refractivity contribution in [3.05, 3.63) is 35.5 Å². The first kappa shape index (κ1) is 17.3. The largest absolute Gasteiger partial charge is 0.393 e. The average Bonchev–Trinajstić information content (AvgIpc) is 3.09. The van der Waals surface area contributed by atoms with Crippen LogP contribution in [0.4, 0.5) is 0 Å². The fourth-order valence-corrected chi connectivity index (χ4v) is 5.33. The van der Waals surface area contributed by atoms with Gasteiger partial charge in [-0.15, -0.1) is 0 Å². The number of ether oxygens (including phenoxy) is 1. The maximum atomic E-state index is 12.9. The van der Waals surface area contributed by atoms with Gasteiger partial charge in [0.05, 0.1) is 18.4 Å². The van der Waals surface area contributed by atoms with Crippen molar-refractivity contribution in [3.8, 4) is 0 Å². The molecule has 27 heavy (non-hydrogen) atoms. The van der Waals surface area contributed by atoms with Crippen LogP contribution in [0, 0.1) is 5.92 Å². The van der Waals surface area contributed by atoms with E-state index >= 15 is 0 Å². The van der Waals surface area contributed by atoms with Gasteiger partial charge >= 0.3 is 0 Å². The number of likely N-dealkylation sites (tertiary alicyclic amines) is 1. The van der Waals surface area contributed by atoms with Gasteiger partial charge in [0.25, 0.3) is 0 Å². The summed E-state index contributed by atoms with van der Waals surface area (Å²) in [5.74, 6) is 0.378. The van der Waals surface area contributed by atoms with Crippen LogP contribution in [0.1, 0.15) is 49.8 Å². The lowest BCUT2D eigenvalue weighted by Gasteiger charge is -2.44.